The Labute approximate surface area is 137 Å². The van der Waals surface area contributed by atoms with Gasteiger partial charge in [-0.2, -0.15) is 0 Å². The second-order valence-electron chi connectivity index (χ2n) is 5.95. The van der Waals surface area contributed by atoms with Gasteiger partial charge in [-0.25, -0.2) is 8.78 Å². The van der Waals surface area contributed by atoms with E-state index in [0.717, 1.165) is 12.5 Å². The van der Waals surface area contributed by atoms with Crippen LogP contribution in [0.3, 0.4) is 0 Å². The van der Waals surface area contributed by atoms with Crippen molar-refractivity contribution in [2.45, 2.75) is 31.5 Å². The van der Waals surface area contributed by atoms with Crippen LogP contribution in [-0.4, -0.2) is 43.7 Å². The van der Waals surface area contributed by atoms with Crippen molar-refractivity contribution in [1.82, 2.24) is 10.6 Å². The molecule has 0 radical (unpaired) electrons. The summed E-state index contributed by atoms with van der Waals surface area (Å²) in [4.78, 5) is 23.8. The maximum atomic E-state index is 14.0. The lowest BCUT2D eigenvalue weighted by Crippen LogP contribution is -2.70. The van der Waals surface area contributed by atoms with Gasteiger partial charge < -0.3 is 20.1 Å². The van der Waals surface area contributed by atoms with Gasteiger partial charge in [-0.3, -0.25) is 9.59 Å². The van der Waals surface area contributed by atoms with Gasteiger partial charge in [0.2, 0.25) is 5.91 Å². The van der Waals surface area contributed by atoms with Crippen molar-refractivity contribution in [1.29, 1.82) is 0 Å². The second kappa shape index (κ2) is 6.35. The van der Waals surface area contributed by atoms with Gasteiger partial charge in [0.25, 0.3) is 5.91 Å². The van der Waals surface area contributed by atoms with Gasteiger partial charge in [0, 0.05) is 19.4 Å². The summed E-state index contributed by atoms with van der Waals surface area (Å²) >= 11 is 0. The van der Waals surface area contributed by atoms with Gasteiger partial charge in [0.05, 0.1) is 25.3 Å². The summed E-state index contributed by atoms with van der Waals surface area (Å²) in [5, 5.41) is 5.42. The van der Waals surface area contributed by atoms with E-state index in [0.29, 0.717) is 6.61 Å². The minimum atomic E-state index is -1.26. The van der Waals surface area contributed by atoms with Crippen LogP contribution in [0.25, 0.3) is 0 Å². The molecule has 2 N–H and O–H groups in total. The molecular formula is C16H18F2N2O4. The fourth-order valence-electron chi connectivity index (χ4n) is 3.45. The van der Waals surface area contributed by atoms with E-state index < -0.39 is 29.1 Å². The summed E-state index contributed by atoms with van der Waals surface area (Å²) in [5.41, 5.74) is -0.485. The van der Waals surface area contributed by atoms with E-state index in [-0.39, 0.29) is 29.7 Å². The Bertz CT molecular complexity index is 682. The van der Waals surface area contributed by atoms with Crippen LogP contribution in [0.1, 0.15) is 23.7 Å². The zero-order valence-electron chi connectivity index (χ0n) is 13.3. The first-order valence-corrected chi connectivity index (χ1v) is 7.65. The smallest absolute Gasteiger partial charge is 0.258 e. The molecule has 0 spiro atoms. The highest BCUT2D eigenvalue weighted by atomic mass is 19.2. The number of carbonyl (C=O) groups excluding carboxylic acids is 2. The lowest BCUT2D eigenvalue weighted by atomic mass is 9.71. The quantitative estimate of drug-likeness (QED) is 0.857. The van der Waals surface area contributed by atoms with Crippen molar-refractivity contribution in [3.05, 3.63) is 29.3 Å². The van der Waals surface area contributed by atoms with Crippen molar-refractivity contribution < 1.29 is 27.8 Å². The number of hydrogen-bond donors (Lipinski definition) is 2. The number of methoxy groups -OCH3 is 1. The van der Waals surface area contributed by atoms with Crippen LogP contribution in [0.4, 0.5) is 8.78 Å². The molecule has 2 amide bonds. The molecular weight excluding hydrogens is 322 g/mol. The Balaban J connectivity index is 1.82. The second-order valence-corrected chi connectivity index (χ2v) is 5.95. The molecule has 0 aromatic heterocycles. The topological polar surface area (TPSA) is 76.7 Å². The third kappa shape index (κ3) is 2.71. The third-order valence-electron chi connectivity index (χ3n) is 4.56. The maximum absolute atomic E-state index is 14.0. The number of carbonyl (C=O) groups is 2. The van der Waals surface area contributed by atoms with Gasteiger partial charge in [-0.15, -0.1) is 0 Å². The zero-order valence-corrected chi connectivity index (χ0v) is 13.3. The van der Waals surface area contributed by atoms with Crippen molar-refractivity contribution in [3.63, 3.8) is 0 Å². The first-order chi connectivity index (χ1) is 11.4. The summed E-state index contributed by atoms with van der Waals surface area (Å²) in [7, 11) is 1.27. The molecule has 2 aliphatic rings. The predicted octanol–water partition coefficient (Wildman–Crippen LogP) is 0.995. The first kappa shape index (κ1) is 16.6. The van der Waals surface area contributed by atoms with E-state index in [9.17, 15) is 18.4 Å². The minimum absolute atomic E-state index is 0.0356. The highest BCUT2D eigenvalue weighted by Gasteiger charge is 2.55. The van der Waals surface area contributed by atoms with E-state index >= 15 is 0 Å². The average Bonchev–Trinajstić information content (AvgIpc) is 2.97. The number of amides is 2. The van der Waals surface area contributed by atoms with Crippen LogP contribution >= 0.6 is 0 Å². The summed E-state index contributed by atoms with van der Waals surface area (Å²) in [6, 6.07) is 1.30. The average molecular weight is 340 g/mol. The molecule has 1 saturated heterocycles. The fourth-order valence-corrected chi connectivity index (χ4v) is 3.45. The predicted molar refractivity (Wildman–Crippen MR) is 79.6 cm³/mol. The van der Waals surface area contributed by atoms with Gasteiger partial charge >= 0.3 is 0 Å². The number of rotatable bonds is 4. The van der Waals surface area contributed by atoms with Crippen molar-refractivity contribution >= 4 is 11.8 Å². The minimum Gasteiger partial charge on any atom is -0.496 e. The first-order valence-electron chi connectivity index (χ1n) is 7.65. The van der Waals surface area contributed by atoms with Crippen molar-refractivity contribution in [2.75, 3.05) is 13.7 Å². The maximum Gasteiger partial charge on any atom is 0.258 e. The monoisotopic (exact) mass is 340 g/mol. The molecule has 2 fully saturated rings. The van der Waals surface area contributed by atoms with Crippen LogP contribution in [-0.2, 0) is 9.53 Å². The largest absolute Gasteiger partial charge is 0.496 e. The molecule has 1 heterocycles. The van der Waals surface area contributed by atoms with Gasteiger partial charge in [-0.1, -0.05) is 0 Å². The molecule has 4 atom stereocenters. The molecule has 1 aliphatic carbocycles. The van der Waals surface area contributed by atoms with E-state index in [2.05, 4.69) is 10.6 Å². The molecule has 3 rings (SSSR count). The number of halogens is 2. The Kier molecular flexibility index (Phi) is 4.40. The number of nitrogens with one attached hydrogen (secondary N) is 2. The van der Waals surface area contributed by atoms with Crippen molar-refractivity contribution in [2.24, 2.45) is 5.92 Å². The van der Waals surface area contributed by atoms with Gasteiger partial charge in [0.1, 0.15) is 11.3 Å². The molecule has 1 saturated carbocycles. The Morgan fingerprint density at radius 1 is 1.25 bits per heavy atom. The molecule has 1 aromatic rings. The van der Waals surface area contributed by atoms with Crippen LogP contribution in [0.2, 0.25) is 0 Å². The molecule has 1 aliphatic heterocycles. The summed E-state index contributed by atoms with van der Waals surface area (Å²) in [5.74, 6) is -3.44. The lowest BCUT2D eigenvalue weighted by molar-refractivity contribution is -0.124. The van der Waals surface area contributed by atoms with E-state index in [1.807, 2.05) is 0 Å². The van der Waals surface area contributed by atoms with Crippen molar-refractivity contribution in [3.8, 4) is 5.75 Å². The standard InChI is InChI=1S/C16H18F2N2O4/c1-7(21)19-14-13(8-5-6-24-15(8)14)20-16(22)11-10(23-2)4-3-9(17)12(11)18/h3-4,8,13-15H,5-6H2,1-2H3,(H,19,21)(H,20,22)/t8-,13+,14-,15-/m1/s1. The highest BCUT2D eigenvalue weighted by molar-refractivity contribution is 5.97. The molecule has 0 unspecified atom stereocenters. The van der Waals surface area contributed by atoms with Crippen LogP contribution in [0, 0.1) is 17.6 Å². The number of benzene rings is 1. The third-order valence-corrected chi connectivity index (χ3v) is 4.56. The number of hydrogen-bond acceptors (Lipinski definition) is 4. The highest BCUT2D eigenvalue weighted by Crippen LogP contribution is 2.39. The van der Waals surface area contributed by atoms with E-state index in [1.54, 1.807) is 0 Å². The summed E-state index contributed by atoms with van der Waals surface area (Å²) < 4.78 is 38.0. The van der Waals surface area contributed by atoms with E-state index in [1.165, 1.54) is 20.1 Å². The fraction of sp³-hybridized carbons (Fsp3) is 0.500. The SMILES string of the molecule is COc1ccc(F)c(F)c1C(=O)N[C@H]1[C@H]2CCO[C@H]2[C@@H]1NC(C)=O. The van der Waals surface area contributed by atoms with Crippen LogP contribution in [0.15, 0.2) is 12.1 Å². The normalized spacial score (nSPS) is 27.8. The number of ether oxygens (including phenoxy) is 2. The van der Waals surface area contributed by atoms with E-state index in [4.69, 9.17) is 9.47 Å². The molecule has 6 nitrogen and oxygen atoms in total. The van der Waals surface area contributed by atoms with Gasteiger partial charge in [0.15, 0.2) is 11.6 Å². The lowest BCUT2D eigenvalue weighted by Gasteiger charge is -2.47. The Morgan fingerprint density at radius 3 is 2.67 bits per heavy atom. The number of fused-ring (bicyclic) bond motifs is 1. The molecule has 8 heteroatoms. The Hall–Kier alpha value is -2.22. The van der Waals surface area contributed by atoms with Gasteiger partial charge in [-0.05, 0) is 18.6 Å². The molecule has 130 valence electrons. The van der Waals surface area contributed by atoms with Crippen LogP contribution in [0.5, 0.6) is 5.75 Å². The zero-order chi connectivity index (χ0) is 17.4. The summed E-state index contributed by atoms with van der Waals surface area (Å²) in [6.45, 7) is 1.91. The van der Waals surface area contributed by atoms with Crippen LogP contribution < -0.4 is 15.4 Å². The Morgan fingerprint density at radius 2 is 2.00 bits per heavy atom. The molecule has 1 aromatic carbocycles. The summed E-state index contributed by atoms with van der Waals surface area (Å²) in [6.07, 6.45) is 0.563. The molecule has 0 bridgehead atoms. The molecule has 24 heavy (non-hydrogen) atoms.